The number of amides is 1. The molecule has 0 saturated carbocycles. The van der Waals surface area contributed by atoms with Gasteiger partial charge in [0.1, 0.15) is 0 Å². The lowest BCUT2D eigenvalue weighted by molar-refractivity contribution is -0.127. The van der Waals surface area contributed by atoms with Crippen LogP contribution >= 0.6 is 11.8 Å². The molecule has 3 rings (SSSR count). The fraction of sp³-hybridized carbons (Fsp3) is 0.238. The van der Waals surface area contributed by atoms with E-state index in [9.17, 15) is 4.79 Å². The highest BCUT2D eigenvalue weighted by atomic mass is 32.2. The first-order chi connectivity index (χ1) is 13.6. The minimum Gasteiger partial charge on any atom is -0.341 e. The van der Waals surface area contributed by atoms with Crippen LogP contribution in [0.15, 0.2) is 66.6 Å². The van der Waals surface area contributed by atoms with E-state index >= 15 is 0 Å². The standard InChI is InChI=1S/C21H23N5OS/c1-4-13-26-20(18-9-11-22-12-10-18)23-24-21(26)28-15-19(27)25(3)14-17-7-5-16(2)6-8-17/h4-12H,1,13-15H2,2-3H3. The molecule has 0 aliphatic heterocycles. The van der Waals surface area contributed by atoms with Crippen molar-refractivity contribution >= 4 is 17.7 Å². The Morgan fingerprint density at radius 2 is 1.89 bits per heavy atom. The average Bonchev–Trinajstić information content (AvgIpc) is 3.11. The van der Waals surface area contributed by atoms with Gasteiger partial charge < -0.3 is 4.90 Å². The third kappa shape index (κ3) is 4.86. The Kier molecular flexibility index (Phi) is 6.60. The lowest BCUT2D eigenvalue weighted by atomic mass is 10.1. The van der Waals surface area contributed by atoms with Crippen LogP contribution in [0.25, 0.3) is 11.4 Å². The molecule has 0 fully saturated rings. The molecule has 0 aliphatic rings. The van der Waals surface area contributed by atoms with Crippen molar-refractivity contribution in [3.8, 4) is 11.4 Å². The Balaban J connectivity index is 1.66. The Hall–Kier alpha value is -2.93. The number of nitrogens with zero attached hydrogens (tertiary/aromatic N) is 5. The fourth-order valence-electron chi connectivity index (χ4n) is 2.70. The van der Waals surface area contributed by atoms with Gasteiger partial charge in [-0.1, -0.05) is 47.7 Å². The second kappa shape index (κ2) is 9.32. The van der Waals surface area contributed by atoms with Gasteiger partial charge in [0.25, 0.3) is 0 Å². The molecule has 3 aromatic rings. The van der Waals surface area contributed by atoms with Crippen molar-refractivity contribution in [2.75, 3.05) is 12.8 Å². The molecule has 0 aliphatic carbocycles. The Labute approximate surface area is 169 Å². The van der Waals surface area contributed by atoms with E-state index in [2.05, 4.69) is 40.8 Å². The van der Waals surface area contributed by atoms with Crippen molar-refractivity contribution in [2.24, 2.45) is 0 Å². The van der Waals surface area contributed by atoms with Gasteiger partial charge >= 0.3 is 0 Å². The van der Waals surface area contributed by atoms with Gasteiger partial charge in [-0.25, -0.2) is 0 Å². The van der Waals surface area contributed by atoms with Crippen molar-refractivity contribution < 1.29 is 4.79 Å². The van der Waals surface area contributed by atoms with Crippen LogP contribution in [0.2, 0.25) is 0 Å². The summed E-state index contributed by atoms with van der Waals surface area (Å²) in [5.41, 5.74) is 3.25. The van der Waals surface area contributed by atoms with Crippen molar-refractivity contribution in [3.05, 3.63) is 72.6 Å². The van der Waals surface area contributed by atoms with Gasteiger partial charge in [-0.05, 0) is 24.6 Å². The summed E-state index contributed by atoms with van der Waals surface area (Å²) in [5.74, 6) is 1.09. The first-order valence-corrected chi connectivity index (χ1v) is 9.94. The number of aromatic nitrogens is 4. The Morgan fingerprint density at radius 3 is 2.57 bits per heavy atom. The number of benzene rings is 1. The number of hydrogen-bond donors (Lipinski definition) is 0. The molecule has 0 N–H and O–H groups in total. The number of aryl methyl sites for hydroxylation is 1. The number of thioether (sulfide) groups is 1. The van der Waals surface area contributed by atoms with Gasteiger partial charge in [-0.3, -0.25) is 14.3 Å². The molecule has 0 bridgehead atoms. The normalized spacial score (nSPS) is 10.6. The van der Waals surface area contributed by atoms with Gasteiger partial charge in [0, 0.05) is 38.1 Å². The van der Waals surface area contributed by atoms with Crippen LogP contribution in [-0.4, -0.2) is 43.4 Å². The lowest BCUT2D eigenvalue weighted by Gasteiger charge is -2.17. The van der Waals surface area contributed by atoms with Crippen LogP contribution in [0.1, 0.15) is 11.1 Å². The summed E-state index contributed by atoms with van der Waals surface area (Å²) >= 11 is 1.39. The van der Waals surface area contributed by atoms with Crippen LogP contribution in [-0.2, 0) is 17.9 Å². The van der Waals surface area contributed by atoms with Crippen molar-refractivity contribution in [1.29, 1.82) is 0 Å². The van der Waals surface area contributed by atoms with Crippen LogP contribution in [0, 0.1) is 6.92 Å². The maximum atomic E-state index is 12.6. The molecule has 144 valence electrons. The van der Waals surface area contributed by atoms with Gasteiger partial charge in [0.15, 0.2) is 11.0 Å². The molecule has 2 heterocycles. The van der Waals surface area contributed by atoms with Crippen LogP contribution in [0.5, 0.6) is 0 Å². The summed E-state index contributed by atoms with van der Waals surface area (Å²) in [6, 6.07) is 12.0. The molecule has 0 unspecified atom stereocenters. The average molecular weight is 394 g/mol. The SMILES string of the molecule is C=CCn1c(SCC(=O)N(C)Cc2ccc(C)cc2)nnc1-c1ccncc1. The van der Waals surface area contributed by atoms with E-state index in [-0.39, 0.29) is 5.91 Å². The second-order valence-electron chi connectivity index (χ2n) is 6.47. The smallest absolute Gasteiger partial charge is 0.233 e. The summed E-state index contributed by atoms with van der Waals surface area (Å²) in [4.78, 5) is 18.3. The highest BCUT2D eigenvalue weighted by molar-refractivity contribution is 7.99. The zero-order valence-corrected chi connectivity index (χ0v) is 16.9. The quantitative estimate of drug-likeness (QED) is 0.432. The third-order valence-corrected chi connectivity index (χ3v) is 5.21. The van der Waals surface area contributed by atoms with Crippen LogP contribution in [0.4, 0.5) is 0 Å². The zero-order valence-electron chi connectivity index (χ0n) is 16.1. The molecular formula is C21H23N5OS. The van der Waals surface area contributed by atoms with Crippen LogP contribution in [0.3, 0.4) is 0 Å². The van der Waals surface area contributed by atoms with E-state index in [1.807, 2.05) is 35.9 Å². The van der Waals surface area contributed by atoms with Crippen LogP contribution < -0.4 is 0 Å². The summed E-state index contributed by atoms with van der Waals surface area (Å²) < 4.78 is 1.96. The Bertz CT molecular complexity index is 937. The summed E-state index contributed by atoms with van der Waals surface area (Å²) in [7, 11) is 1.82. The molecule has 2 aromatic heterocycles. The molecule has 0 atom stereocenters. The van der Waals surface area contributed by atoms with Crippen molar-refractivity contribution in [3.63, 3.8) is 0 Å². The minimum absolute atomic E-state index is 0.0455. The molecule has 0 spiro atoms. The van der Waals surface area contributed by atoms with E-state index < -0.39 is 0 Å². The number of carbonyl (C=O) groups is 1. The molecule has 6 nitrogen and oxygen atoms in total. The number of rotatable bonds is 8. The Morgan fingerprint density at radius 1 is 1.18 bits per heavy atom. The number of pyridine rings is 1. The first-order valence-electron chi connectivity index (χ1n) is 8.95. The molecular weight excluding hydrogens is 370 g/mol. The molecule has 0 saturated heterocycles. The topological polar surface area (TPSA) is 63.9 Å². The monoisotopic (exact) mass is 393 g/mol. The zero-order chi connectivity index (χ0) is 19.9. The van der Waals surface area contributed by atoms with Gasteiger partial charge in [0.2, 0.25) is 5.91 Å². The van der Waals surface area contributed by atoms with E-state index in [1.54, 1.807) is 23.4 Å². The first kappa shape index (κ1) is 19.8. The highest BCUT2D eigenvalue weighted by Crippen LogP contribution is 2.24. The van der Waals surface area contributed by atoms with Gasteiger partial charge in [0.05, 0.1) is 5.75 Å². The van der Waals surface area contributed by atoms with Crippen molar-refractivity contribution in [2.45, 2.75) is 25.2 Å². The summed E-state index contributed by atoms with van der Waals surface area (Å²) in [6.45, 7) is 7.02. The lowest BCUT2D eigenvalue weighted by Crippen LogP contribution is -2.27. The second-order valence-corrected chi connectivity index (χ2v) is 7.41. The summed E-state index contributed by atoms with van der Waals surface area (Å²) in [6.07, 6.45) is 5.24. The summed E-state index contributed by atoms with van der Waals surface area (Å²) in [5, 5.41) is 9.27. The number of carbonyl (C=O) groups excluding carboxylic acids is 1. The van der Waals surface area contributed by atoms with E-state index in [1.165, 1.54) is 17.3 Å². The molecule has 1 amide bonds. The highest BCUT2D eigenvalue weighted by Gasteiger charge is 2.16. The van der Waals surface area contributed by atoms with E-state index in [4.69, 9.17) is 0 Å². The number of allylic oxidation sites excluding steroid dienone is 1. The number of hydrogen-bond acceptors (Lipinski definition) is 5. The van der Waals surface area contributed by atoms with Crippen molar-refractivity contribution in [1.82, 2.24) is 24.6 Å². The maximum absolute atomic E-state index is 12.6. The fourth-order valence-corrected chi connectivity index (χ4v) is 3.58. The predicted octanol–water partition coefficient (Wildman–Crippen LogP) is 3.59. The van der Waals surface area contributed by atoms with E-state index in [0.717, 1.165) is 17.0 Å². The molecule has 1 aromatic carbocycles. The molecule has 28 heavy (non-hydrogen) atoms. The minimum atomic E-state index is 0.0455. The van der Waals surface area contributed by atoms with E-state index in [0.29, 0.717) is 24.0 Å². The molecule has 7 heteroatoms. The van der Waals surface area contributed by atoms with Gasteiger partial charge in [-0.2, -0.15) is 0 Å². The predicted molar refractivity (Wildman–Crippen MR) is 112 cm³/mol. The third-order valence-electron chi connectivity index (χ3n) is 4.26. The molecule has 0 radical (unpaired) electrons. The maximum Gasteiger partial charge on any atom is 0.233 e. The largest absolute Gasteiger partial charge is 0.341 e. The van der Waals surface area contributed by atoms with Gasteiger partial charge in [-0.15, -0.1) is 16.8 Å².